The van der Waals surface area contributed by atoms with Gasteiger partial charge in [-0.1, -0.05) is 41.4 Å². The molecule has 39 heavy (non-hydrogen) atoms. The predicted octanol–water partition coefficient (Wildman–Crippen LogP) is 6.19. The molecular weight excluding hydrogens is 541 g/mol. The first-order chi connectivity index (χ1) is 18.8. The van der Waals surface area contributed by atoms with Crippen molar-refractivity contribution >= 4 is 46.9 Å². The average Bonchev–Trinajstić information content (AvgIpc) is 2.89. The molecule has 0 aliphatic heterocycles. The molecule has 0 bridgehead atoms. The molecule has 0 fully saturated rings. The maximum atomic E-state index is 12.2. The number of hydrogen-bond donors (Lipinski definition) is 2. The fraction of sp³-hybridized carbons (Fsp3) is 0.207. The van der Waals surface area contributed by atoms with Crippen molar-refractivity contribution in [2.45, 2.75) is 26.4 Å². The molecule has 0 aliphatic rings. The Kier molecular flexibility index (Phi) is 11.2. The van der Waals surface area contributed by atoms with Gasteiger partial charge in [-0.3, -0.25) is 9.59 Å². The second kappa shape index (κ2) is 14.8. The summed E-state index contributed by atoms with van der Waals surface area (Å²) >= 11 is 12.3. The zero-order valence-electron chi connectivity index (χ0n) is 21.6. The number of ether oxygens (including phenoxy) is 3. The third-order valence-corrected chi connectivity index (χ3v) is 5.87. The van der Waals surface area contributed by atoms with E-state index in [0.29, 0.717) is 51.6 Å². The van der Waals surface area contributed by atoms with Gasteiger partial charge in [-0.25, -0.2) is 5.43 Å². The summed E-state index contributed by atoms with van der Waals surface area (Å²) in [5, 5.41) is 7.69. The van der Waals surface area contributed by atoms with Crippen LogP contribution in [0.25, 0.3) is 0 Å². The number of halogens is 2. The number of amides is 2. The first-order valence-corrected chi connectivity index (χ1v) is 12.8. The first-order valence-electron chi connectivity index (χ1n) is 12.1. The summed E-state index contributed by atoms with van der Waals surface area (Å²) in [6.45, 7) is 6.31. The highest BCUT2D eigenvalue weighted by Crippen LogP contribution is 2.35. The number of allylic oxidation sites excluding steroid dienone is 1. The van der Waals surface area contributed by atoms with Crippen molar-refractivity contribution in [3.8, 4) is 17.2 Å². The van der Waals surface area contributed by atoms with Gasteiger partial charge in [-0.2, -0.15) is 5.10 Å². The highest BCUT2D eigenvalue weighted by atomic mass is 35.5. The Bertz CT molecular complexity index is 1360. The second-order valence-electron chi connectivity index (χ2n) is 8.21. The monoisotopic (exact) mass is 569 g/mol. The number of rotatable bonds is 13. The Morgan fingerprint density at radius 3 is 2.56 bits per heavy atom. The maximum absolute atomic E-state index is 12.2. The van der Waals surface area contributed by atoms with Gasteiger partial charge in [0.2, 0.25) is 11.8 Å². The summed E-state index contributed by atoms with van der Waals surface area (Å²) in [5.41, 5.74) is 5.14. The highest BCUT2D eigenvalue weighted by Gasteiger charge is 2.15. The second-order valence-corrected chi connectivity index (χ2v) is 9.05. The number of carbonyl (C=O) groups is 2. The average molecular weight is 570 g/mol. The molecule has 3 aromatic rings. The van der Waals surface area contributed by atoms with Crippen LogP contribution in [0, 0.1) is 0 Å². The lowest BCUT2D eigenvalue weighted by molar-refractivity contribution is -0.126. The number of methoxy groups -OCH3 is 1. The van der Waals surface area contributed by atoms with Gasteiger partial charge in [0.1, 0.15) is 18.8 Å². The minimum atomic E-state index is -0.567. The van der Waals surface area contributed by atoms with Gasteiger partial charge >= 0.3 is 0 Å². The summed E-state index contributed by atoms with van der Waals surface area (Å²) < 4.78 is 17.1. The molecule has 0 atom stereocenters. The molecule has 2 amide bonds. The van der Waals surface area contributed by atoms with Crippen LogP contribution in [0.3, 0.4) is 0 Å². The summed E-state index contributed by atoms with van der Waals surface area (Å²) in [5.74, 6) is 0.604. The van der Waals surface area contributed by atoms with E-state index in [2.05, 4.69) is 22.4 Å². The van der Waals surface area contributed by atoms with E-state index in [4.69, 9.17) is 37.4 Å². The number of hydrogen-bond acceptors (Lipinski definition) is 6. The smallest absolute Gasteiger partial charge is 0.249 e. The lowest BCUT2D eigenvalue weighted by atomic mass is 10.1. The van der Waals surface area contributed by atoms with Crippen molar-refractivity contribution in [3.63, 3.8) is 0 Å². The number of carbonyl (C=O) groups excluding carboxylic acids is 2. The zero-order valence-corrected chi connectivity index (χ0v) is 23.1. The molecule has 204 valence electrons. The van der Waals surface area contributed by atoms with Gasteiger partial charge in [-0.05, 0) is 55.3 Å². The van der Waals surface area contributed by atoms with Crippen LogP contribution < -0.4 is 25.0 Å². The fourth-order valence-electron chi connectivity index (χ4n) is 3.55. The number of nitrogens with one attached hydrogen (secondary N) is 2. The molecule has 0 saturated heterocycles. The number of anilines is 1. The molecule has 0 aromatic heterocycles. The number of hydrazone groups is 1. The van der Waals surface area contributed by atoms with E-state index >= 15 is 0 Å². The SMILES string of the molecule is C=CCc1cc(C=NNC(=O)CC(=O)Nc2cccc(OC)c2)cc(OCC)c1OCc1ccc(Cl)cc1Cl. The van der Waals surface area contributed by atoms with Crippen molar-refractivity contribution in [3.05, 3.63) is 94.0 Å². The molecule has 8 nitrogen and oxygen atoms in total. The minimum Gasteiger partial charge on any atom is -0.497 e. The Morgan fingerprint density at radius 1 is 1.03 bits per heavy atom. The van der Waals surface area contributed by atoms with E-state index in [-0.39, 0.29) is 6.61 Å². The molecular formula is C29H29Cl2N3O5. The van der Waals surface area contributed by atoms with Gasteiger partial charge < -0.3 is 19.5 Å². The molecule has 0 heterocycles. The molecule has 2 N–H and O–H groups in total. The quantitative estimate of drug-likeness (QED) is 0.111. The Balaban J connectivity index is 1.68. The van der Waals surface area contributed by atoms with Crippen molar-refractivity contribution in [1.82, 2.24) is 5.43 Å². The molecule has 0 saturated carbocycles. The van der Waals surface area contributed by atoms with Crippen LogP contribution in [-0.4, -0.2) is 31.7 Å². The number of nitrogens with zero attached hydrogens (tertiary/aromatic N) is 1. The van der Waals surface area contributed by atoms with Crippen LogP contribution in [0.1, 0.15) is 30.0 Å². The van der Waals surface area contributed by atoms with Crippen molar-refractivity contribution in [2.75, 3.05) is 19.0 Å². The third kappa shape index (κ3) is 9.05. The third-order valence-electron chi connectivity index (χ3n) is 5.28. The standard InChI is InChI=1S/C29H29Cl2N3O5/c1-4-7-20-12-19(13-26(38-5-2)29(20)39-18-21-10-11-22(30)14-25(21)31)17-32-34-28(36)16-27(35)33-23-8-6-9-24(15-23)37-3/h4,6,8-15,17H,1,5,7,16,18H2,2-3H3,(H,33,35)(H,34,36). The van der Waals surface area contributed by atoms with Gasteiger partial charge in [0.15, 0.2) is 11.5 Å². The van der Waals surface area contributed by atoms with Crippen LogP contribution in [-0.2, 0) is 22.6 Å². The van der Waals surface area contributed by atoms with Gasteiger partial charge in [-0.15, -0.1) is 6.58 Å². The Labute approximate surface area is 237 Å². The van der Waals surface area contributed by atoms with E-state index < -0.39 is 18.2 Å². The fourth-order valence-corrected chi connectivity index (χ4v) is 4.01. The van der Waals surface area contributed by atoms with Crippen LogP contribution in [0.15, 0.2) is 72.4 Å². The predicted molar refractivity (Wildman–Crippen MR) is 154 cm³/mol. The summed E-state index contributed by atoms with van der Waals surface area (Å²) in [4.78, 5) is 24.4. The van der Waals surface area contributed by atoms with Crippen molar-refractivity contribution < 1.29 is 23.8 Å². The van der Waals surface area contributed by atoms with Crippen LogP contribution >= 0.6 is 23.2 Å². The van der Waals surface area contributed by atoms with E-state index in [0.717, 1.165) is 11.1 Å². The summed E-state index contributed by atoms with van der Waals surface area (Å²) in [6, 6.07) is 15.7. The summed E-state index contributed by atoms with van der Waals surface area (Å²) in [6.07, 6.45) is 3.31. The lowest BCUT2D eigenvalue weighted by Crippen LogP contribution is -2.24. The van der Waals surface area contributed by atoms with Crippen LogP contribution in [0.5, 0.6) is 17.2 Å². The molecule has 3 aromatic carbocycles. The Hall–Kier alpha value is -4.01. The Morgan fingerprint density at radius 2 is 1.85 bits per heavy atom. The molecule has 0 aliphatic carbocycles. The van der Waals surface area contributed by atoms with E-state index in [9.17, 15) is 9.59 Å². The topological polar surface area (TPSA) is 98.3 Å². The molecule has 0 spiro atoms. The van der Waals surface area contributed by atoms with E-state index in [1.807, 2.05) is 13.0 Å². The van der Waals surface area contributed by atoms with E-state index in [1.54, 1.807) is 54.6 Å². The molecule has 3 rings (SSSR count). The minimum absolute atomic E-state index is 0.210. The molecule has 0 unspecified atom stereocenters. The zero-order chi connectivity index (χ0) is 28.2. The lowest BCUT2D eigenvalue weighted by Gasteiger charge is -2.17. The molecule has 0 radical (unpaired) electrons. The van der Waals surface area contributed by atoms with Crippen LogP contribution in [0.2, 0.25) is 10.0 Å². The van der Waals surface area contributed by atoms with Gasteiger partial charge in [0.25, 0.3) is 0 Å². The summed E-state index contributed by atoms with van der Waals surface area (Å²) in [7, 11) is 1.53. The van der Waals surface area contributed by atoms with Crippen molar-refractivity contribution in [2.24, 2.45) is 5.10 Å². The molecule has 10 heteroatoms. The van der Waals surface area contributed by atoms with Crippen LogP contribution in [0.4, 0.5) is 5.69 Å². The normalized spacial score (nSPS) is 10.7. The maximum Gasteiger partial charge on any atom is 0.249 e. The van der Waals surface area contributed by atoms with Gasteiger partial charge in [0, 0.05) is 32.9 Å². The first kappa shape index (κ1) is 29.5. The largest absolute Gasteiger partial charge is 0.497 e. The highest BCUT2D eigenvalue weighted by molar-refractivity contribution is 6.35. The van der Waals surface area contributed by atoms with Gasteiger partial charge in [0.05, 0.1) is 19.9 Å². The number of benzene rings is 3. The van der Waals surface area contributed by atoms with Crippen molar-refractivity contribution in [1.29, 1.82) is 0 Å². The van der Waals surface area contributed by atoms with E-state index in [1.165, 1.54) is 13.3 Å².